The van der Waals surface area contributed by atoms with Crippen LogP contribution in [0.3, 0.4) is 0 Å². The molecule has 6 nitrogen and oxygen atoms in total. The SMILES string of the molecule is O=C(O)CN1C(=O)CN(c2ccccc2)C1=O. The molecule has 1 fully saturated rings. The van der Waals surface area contributed by atoms with Crippen molar-refractivity contribution in [2.75, 3.05) is 18.0 Å². The van der Waals surface area contributed by atoms with Gasteiger partial charge in [0.25, 0.3) is 5.91 Å². The first-order valence-electron chi connectivity index (χ1n) is 4.98. The maximum absolute atomic E-state index is 11.8. The van der Waals surface area contributed by atoms with Crippen LogP contribution in [0.15, 0.2) is 30.3 Å². The highest BCUT2D eigenvalue weighted by Gasteiger charge is 2.37. The van der Waals surface area contributed by atoms with Crippen LogP contribution in [0.1, 0.15) is 0 Å². The molecule has 0 radical (unpaired) electrons. The van der Waals surface area contributed by atoms with Crippen molar-refractivity contribution in [2.45, 2.75) is 0 Å². The first-order chi connectivity index (χ1) is 8.09. The first-order valence-corrected chi connectivity index (χ1v) is 4.98. The van der Waals surface area contributed by atoms with Gasteiger partial charge in [-0.05, 0) is 12.1 Å². The molecule has 0 bridgehead atoms. The summed E-state index contributed by atoms with van der Waals surface area (Å²) in [5.74, 6) is -1.71. The average Bonchev–Trinajstić information content (AvgIpc) is 2.58. The van der Waals surface area contributed by atoms with Gasteiger partial charge in [-0.2, -0.15) is 0 Å². The van der Waals surface area contributed by atoms with E-state index in [0.717, 1.165) is 4.90 Å². The number of anilines is 1. The van der Waals surface area contributed by atoms with Crippen molar-refractivity contribution >= 4 is 23.6 Å². The lowest BCUT2D eigenvalue weighted by Crippen LogP contribution is -2.36. The van der Waals surface area contributed by atoms with Gasteiger partial charge in [-0.25, -0.2) is 4.79 Å². The van der Waals surface area contributed by atoms with Crippen LogP contribution in [-0.4, -0.2) is 41.0 Å². The van der Waals surface area contributed by atoms with Gasteiger partial charge in [0.2, 0.25) is 0 Å². The smallest absolute Gasteiger partial charge is 0.332 e. The Morgan fingerprint density at radius 3 is 2.47 bits per heavy atom. The molecule has 2 rings (SSSR count). The van der Waals surface area contributed by atoms with Gasteiger partial charge in [0.05, 0.1) is 0 Å². The van der Waals surface area contributed by atoms with Gasteiger partial charge in [0.1, 0.15) is 13.1 Å². The Hall–Kier alpha value is -2.37. The molecule has 0 saturated carbocycles. The number of carbonyl (C=O) groups is 3. The summed E-state index contributed by atoms with van der Waals surface area (Å²) in [6.45, 7) is -0.711. The van der Waals surface area contributed by atoms with E-state index in [1.165, 1.54) is 4.90 Å². The van der Waals surface area contributed by atoms with Crippen molar-refractivity contribution in [3.05, 3.63) is 30.3 Å². The monoisotopic (exact) mass is 234 g/mol. The minimum Gasteiger partial charge on any atom is -0.480 e. The maximum Gasteiger partial charge on any atom is 0.332 e. The van der Waals surface area contributed by atoms with Crippen LogP contribution >= 0.6 is 0 Å². The normalized spacial score (nSPS) is 15.5. The molecule has 0 unspecified atom stereocenters. The average molecular weight is 234 g/mol. The summed E-state index contributed by atoms with van der Waals surface area (Å²) in [5, 5.41) is 8.60. The predicted octanol–water partition coefficient (Wildman–Crippen LogP) is 0.540. The first kappa shape index (κ1) is 11.1. The van der Waals surface area contributed by atoms with Crippen LogP contribution in [0.5, 0.6) is 0 Å². The highest BCUT2D eigenvalue weighted by Crippen LogP contribution is 2.20. The quantitative estimate of drug-likeness (QED) is 0.774. The van der Waals surface area contributed by atoms with E-state index in [0.29, 0.717) is 5.69 Å². The summed E-state index contributed by atoms with van der Waals surface area (Å²) < 4.78 is 0. The number of carboxylic acids is 1. The van der Waals surface area contributed by atoms with E-state index < -0.39 is 24.5 Å². The minimum atomic E-state index is -1.21. The van der Waals surface area contributed by atoms with Gasteiger partial charge in [-0.15, -0.1) is 0 Å². The van der Waals surface area contributed by atoms with E-state index in [4.69, 9.17) is 5.11 Å². The lowest BCUT2D eigenvalue weighted by molar-refractivity contribution is -0.141. The molecule has 1 aromatic carbocycles. The fraction of sp³-hybridized carbons (Fsp3) is 0.182. The summed E-state index contributed by atoms with van der Waals surface area (Å²) in [4.78, 5) is 35.8. The van der Waals surface area contributed by atoms with Crippen molar-refractivity contribution < 1.29 is 19.5 Å². The third-order valence-corrected chi connectivity index (χ3v) is 2.42. The molecule has 88 valence electrons. The third kappa shape index (κ3) is 2.10. The summed E-state index contributed by atoms with van der Waals surface area (Å²) in [5.41, 5.74) is 0.582. The molecular weight excluding hydrogens is 224 g/mol. The van der Waals surface area contributed by atoms with Crippen LogP contribution in [0.25, 0.3) is 0 Å². The summed E-state index contributed by atoms with van der Waals surface area (Å²) in [6, 6.07) is 8.06. The molecule has 3 amide bonds. The van der Waals surface area contributed by atoms with E-state index >= 15 is 0 Å². The lowest BCUT2D eigenvalue weighted by Gasteiger charge is -2.15. The number of para-hydroxylation sites is 1. The molecule has 1 N–H and O–H groups in total. The molecule has 1 aliphatic rings. The van der Waals surface area contributed by atoms with Crippen LogP contribution in [0.4, 0.5) is 10.5 Å². The van der Waals surface area contributed by atoms with Gasteiger partial charge >= 0.3 is 12.0 Å². The fourth-order valence-corrected chi connectivity index (χ4v) is 1.64. The van der Waals surface area contributed by atoms with Gasteiger partial charge < -0.3 is 5.11 Å². The number of rotatable bonds is 3. The zero-order valence-corrected chi connectivity index (χ0v) is 8.87. The van der Waals surface area contributed by atoms with Crippen molar-refractivity contribution in [1.29, 1.82) is 0 Å². The number of carbonyl (C=O) groups excluding carboxylic acids is 2. The molecule has 6 heteroatoms. The maximum atomic E-state index is 11.8. The summed E-state index contributed by atoms with van der Waals surface area (Å²) in [7, 11) is 0. The van der Waals surface area contributed by atoms with E-state index in [-0.39, 0.29) is 6.54 Å². The molecule has 0 atom stereocenters. The molecule has 1 aromatic rings. The van der Waals surface area contributed by atoms with Crippen molar-refractivity contribution in [1.82, 2.24) is 4.90 Å². The number of benzene rings is 1. The predicted molar refractivity (Wildman–Crippen MR) is 58.5 cm³/mol. The Kier molecular flexibility index (Phi) is 2.78. The number of amides is 3. The molecule has 1 aliphatic heterocycles. The fourth-order valence-electron chi connectivity index (χ4n) is 1.64. The van der Waals surface area contributed by atoms with Gasteiger partial charge in [-0.1, -0.05) is 18.2 Å². The van der Waals surface area contributed by atoms with Gasteiger partial charge in [-0.3, -0.25) is 19.4 Å². The van der Waals surface area contributed by atoms with Gasteiger partial charge in [0, 0.05) is 5.69 Å². The second-order valence-corrected chi connectivity index (χ2v) is 3.58. The lowest BCUT2D eigenvalue weighted by atomic mass is 10.3. The third-order valence-electron chi connectivity index (χ3n) is 2.42. The Labute approximate surface area is 97.0 Å². The summed E-state index contributed by atoms with van der Waals surface area (Å²) >= 11 is 0. The minimum absolute atomic E-state index is 0.115. The number of aliphatic carboxylic acids is 1. The van der Waals surface area contributed by atoms with Crippen LogP contribution < -0.4 is 4.90 Å². The van der Waals surface area contributed by atoms with Crippen molar-refractivity contribution in [3.63, 3.8) is 0 Å². The van der Waals surface area contributed by atoms with Gasteiger partial charge in [0.15, 0.2) is 0 Å². The highest BCUT2D eigenvalue weighted by molar-refractivity contribution is 6.13. The Morgan fingerprint density at radius 1 is 1.24 bits per heavy atom. The Balaban J connectivity index is 2.22. The molecule has 0 aromatic heterocycles. The van der Waals surface area contributed by atoms with Crippen LogP contribution in [0.2, 0.25) is 0 Å². The van der Waals surface area contributed by atoms with Crippen molar-refractivity contribution in [2.24, 2.45) is 0 Å². The topological polar surface area (TPSA) is 77.9 Å². The molecule has 17 heavy (non-hydrogen) atoms. The zero-order valence-electron chi connectivity index (χ0n) is 8.87. The number of urea groups is 1. The number of hydrogen-bond donors (Lipinski definition) is 1. The molecular formula is C11H10N2O4. The number of nitrogens with zero attached hydrogens (tertiary/aromatic N) is 2. The summed E-state index contributed by atoms with van der Waals surface area (Å²) in [6.07, 6.45) is 0. The zero-order chi connectivity index (χ0) is 12.4. The second-order valence-electron chi connectivity index (χ2n) is 3.58. The number of imide groups is 1. The molecule has 1 saturated heterocycles. The Morgan fingerprint density at radius 2 is 1.88 bits per heavy atom. The Bertz CT molecular complexity index is 472. The van der Waals surface area contributed by atoms with E-state index in [9.17, 15) is 14.4 Å². The standard InChI is InChI=1S/C11H10N2O4/c14-9-6-12(8-4-2-1-3-5-8)11(17)13(9)7-10(15)16/h1-5H,6-7H2,(H,15,16). The van der Waals surface area contributed by atoms with E-state index in [2.05, 4.69) is 0 Å². The molecule has 1 heterocycles. The molecule has 0 aliphatic carbocycles. The number of hydrogen-bond acceptors (Lipinski definition) is 3. The number of carboxylic acid groups (broad SMARTS) is 1. The van der Waals surface area contributed by atoms with Crippen LogP contribution in [-0.2, 0) is 9.59 Å². The second kappa shape index (κ2) is 4.25. The van der Waals surface area contributed by atoms with Crippen LogP contribution in [0, 0.1) is 0 Å². The molecule has 0 spiro atoms. The van der Waals surface area contributed by atoms with Crippen molar-refractivity contribution in [3.8, 4) is 0 Å². The largest absolute Gasteiger partial charge is 0.480 e. The van der Waals surface area contributed by atoms with E-state index in [1.807, 2.05) is 0 Å². The van der Waals surface area contributed by atoms with E-state index in [1.54, 1.807) is 30.3 Å². The highest BCUT2D eigenvalue weighted by atomic mass is 16.4.